The molecule has 0 radical (unpaired) electrons. The number of nitrogens with one attached hydrogen (secondary N) is 1. The zero-order valence-electron chi connectivity index (χ0n) is 12.6. The third kappa shape index (κ3) is 3.78. The number of anilines is 1. The molecular formula is C19H23NO. The molecule has 21 heavy (non-hydrogen) atoms. The van der Waals surface area contributed by atoms with Gasteiger partial charge in [-0.2, -0.15) is 0 Å². The van der Waals surface area contributed by atoms with Crippen molar-refractivity contribution in [3.63, 3.8) is 0 Å². The van der Waals surface area contributed by atoms with Gasteiger partial charge >= 0.3 is 0 Å². The number of ether oxygens (including phenoxy) is 1. The van der Waals surface area contributed by atoms with Crippen molar-refractivity contribution in [3.05, 3.63) is 59.7 Å². The predicted octanol–water partition coefficient (Wildman–Crippen LogP) is 4.93. The van der Waals surface area contributed by atoms with Gasteiger partial charge < -0.3 is 10.1 Å². The molecule has 110 valence electrons. The van der Waals surface area contributed by atoms with E-state index >= 15 is 0 Å². The van der Waals surface area contributed by atoms with Crippen molar-refractivity contribution >= 4 is 5.69 Å². The minimum absolute atomic E-state index is 0.408. The van der Waals surface area contributed by atoms with Gasteiger partial charge in [0.25, 0.3) is 0 Å². The summed E-state index contributed by atoms with van der Waals surface area (Å²) in [6.45, 7) is 2.90. The SMILES string of the molecule is Cc1ccc(NCc2ccccc2OC2CCCC2)cc1. The molecule has 2 aromatic carbocycles. The molecular weight excluding hydrogens is 258 g/mol. The maximum atomic E-state index is 6.17. The number of rotatable bonds is 5. The molecule has 0 unspecified atom stereocenters. The van der Waals surface area contributed by atoms with Crippen molar-refractivity contribution in [2.45, 2.75) is 45.3 Å². The van der Waals surface area contributed by atoms with Crippen LogP contribution < -0.4 is 10.1 Å². The molecule has 0 bridgehead atoms. The molecule has 0 amide bonds. The lowest BCUT2D eigenvalue weighted by Gasteiger charge is -2.17. The van der Waals surface area contributed by atoms with Gasteiger partial charge in [-0.05, 0) is 50.8 Å². The lowest BCUT2D eigenvalue weighted by Crippen LogP contribution is -2.13. The smallest absolute Gasteiger partial charge is 0.124 e. The number of benzene rings is 2. The van der Waals surface area contributed by atoms with E-state index in [4.69, 9.17) is 4.74 Å². The quantitative estimate of drug-likeness (QED) is 0.839. The van der Waals surface area contributed by atoms with Crippen LogP contribution in [0.2, 0.25) is 0 Å². The summed E-state index contributed by atoms with van der Waals surface area (Å²) in [5.74, 6) is 1.03. The molecule has 1 aliphatic carbocycles. The highest BCUT2D eigenvalue weighted by atomic mass is 16.5. The Morgan fingerprint density at radius 1 is 1.00 bits per heavy atom. The van der Waals surface area contributed by atoms with Crippen molar-refractivity contribution in [3.8, 4) is 5.75 Å². The maximum absolute atomic E-state index is 6.17. The van der Waals surface area contributed by atoms with Crippen LogP contribution in [0.15, 0.2) is 48.5 Å². The highest BCUT2D eigenvalue weighted by molar-refractivity contribution is 5.46. The normalized spacial score (nSPS) is 15.1. The average molecular weight is 281 g/mol. The number of aryl methyl sites for hydroxylation is 1. The van der Waals surface area contributed by atoms with E-state index in [2.05, 4.69) is 60.8 Å². The lowest BCUT2D eigenvalue weighted by molar-refractivity contribution is 0.208. The fourth-order valence-corrected chi connectivity index (χ4v) is 2.82. The molecule has 0 heterocycles. The minimum atomic E-state index is 0.408. The topological polar surface area (TPSA) is 21.3 Å². The van der Waals surface area contributed by atoms with Crippen LogP contribution in [-0.4, -0.2) is 6.10 Å². The number of hydrogen-bond donors (Lipinski definition) is 1. The summed E-state index contributed by atoms with van der Waals surface area (Å²) in [5, 5.41) is 3.47. The van der Waals surface area contributed by atoms with Gasteiger partial charge in [-0.1, -0.05) is 35.9 Å². The molecule has 0 spiro atoms. The molecule has 0 saturated heterocycles. The molecule has 2 nitrogen and oxygen atoms in total. The Bertz CT molecular complexity index is 570. The summed E-state index contributed by atoms with van der Waals surface area (Å²) in [5.41, 5.74) is 3.66. The van der Waals surface area contributed by atoms with Crippen LogP contribution in [-0.2, 0) is 6.54 Å². The third-order valence-electron chi connectivity index (χ3n) is 4.10. The predicted molar refractivity (Wildman–Crippen MR) is 87.8 cm³/mol. The highest BCUT2D eigenvalue weighted by Crippen LogP contribution is 2.27. The summed E-state index contributed by atoms with van der Waals surface area (Å²) >= 11 is 0. The molecule has 3 rings (SSSR count). The third-order valence-corrected chi connectivity index (χ3v) is 4.10. The van der Waals surface area contributed by atoms with Crippen LogP contribution in [0.3, 0.4) is 0 Å². The molecule has 1 saturated carbocycles. The molecule has 0 aliphatic heterocycles. The van der Waals surface area contributed by atoms with Gasteiger partial charge in [0.05, 0.1) is 6.10 Å². The maximum Gasteiger partial charge on any atom is 0.124 e. The van der Waals surface area contributed by atoms with Gasteiger partial charge in [-0.25, -0.2) is 0 Å². The summed E-state index contributed by atoms with van der Waals surface area (Å²) in [6.07, 6.45) is 5.40. The Hall–Kier alpha value is -1.96. The first-order chi connectivity index (χ1) is 10.3. The fourth-order valence-electron chi connectivity index (χ4n) is 2.82. The second-order valence-electron chi connectivity index (χ2n) is 5.85. The van der Waals surface area contributed by atoms with Gasteiger partial charge in [-0.3, -0.25) is 0 Å². The minimum Gasteiger partial charge on any atom is -0.490 e. The van der Waals surface area contributed by atoms with Crippen molar-refractivity contribution in [2.24, 2.45) is 0 Å². The van der Waals surface area contributed by atoms with Gasteiger partial charge in [0.15, 0.2) is 0 Å². The zero-order chi connectivity index (χ0) is 14.5. The molecule has 2 heteroatoms. The Morgan fingerprint density at radius 3 is 2.48 bits per heavy atom. The molecule has 1 N–H and O–H groups in total. The van der Waals surface area contributed by atoms with Crippen molar-refractivity contribution < 1.29 is 4.74 Å². The van der Waals surface area contributed by atoms with Crippen LogP contribution in [0.25, 0.3) is 0 Å². The number of para-hydroxylation sites is 1. The Morgan fingerprint density at radius 2 is 1.71 bits per heavy atom. The molecule has 0 atom stereocenters. The molecule has 1 fully saturated rings. The van der Waals surface area contributed by atoms with E-state index in [0.29, 0.717) is 6.10 Å². The van der Waals surface area contributed by atoms with E-state index < -0.39 is 0 Å². The summed E-state index contributed by atoms with van der Waals surface area (Å²) < 4.78 is 6.17. The van der Waals surface area contributed by atoms with Crippen molar-refractivity contribution in [1.29, 1.82) is 0 Å². The van der Waals surface area contributed by atoms with E-state index in [-0.39, 0.29) is 0 Å². The lowest BCUT2D eigenvalue weighted by atomic mass is 10.1. The first-order valence-electron chi connectivity index (χ1n) is 7.86. The average Bonchev–Trinajstić information content (AvgIpc) is 3.01. The van der Waals surface area contributed by atoms with Crippen LogP contribution >= 0.6 is 0 Å². The number of hydrogen-bond acceptors (Lipinski definition) is 2. The zero-order valence-corrected chi connectivity index (χ0v) is 12.6. The molecule has 1 aliphatic rings. The van der Waals surface area contributed by atoms with Crippen molar-refractivity contribution in [2.75, 3.05) is 5.32 Å². The van der Waals surface area contributed by atoms with Gasteiger partial charge in [0.2, 0.25) is 0 Å². The van der Waals surface area contributed by atoms with Crippen LogP contribution in [0.5, 0.6) is 5.75 Å². The summed E-state index contributed by atoms with van der Waals surface area (Å²) in [6, 6.07) is 16.9. The van der Waals surface area contributed by atoms with Crippen LogP contribution in [0.4, 0.5) is 5.69 Å². The van der Waals surface area contributed by atoms with E-state index in [1.807, 2.05) is 0 Å². The van der Waals surface area contributed by atoms with Gasteiger partial charge in [0, 0.05) is 17.8 Å². The summed E-state index contributed by atoms with van der Waals surface area (Å²) in [4.78, 5) is 0. The van der Waals surface area contributed by atoms with E-state index in [1.165, 1.54) is 36.8 Å². The first-order valence-corrected chi connectivity index (χ1v) is 7.86. The first kappa shape index (κ1) is 14.0. The van der Waals surface area contributed by atoms with E-state index in [1.54, 1.807) is 0 Å². The monoisotopic (exact) mass is 281 g/mol. The summed E-state index contributed by atoms with van der Waals surface area (Å²) in [7, 11) is 0. The van der Waals surface area contributed by atoms with E-state index in [0.717, 1.165) is 18.0 Å². The van der Waals surface area contributed by atoms with Gasteiger partial charge in [0.1, 0.15) is 5.75 Å². The fraction of sp³-hybridized carbons (Fsp3) is 0.368. The Kier molecular flexibility index (Phi) is 4.44. The Labute approximate surface area is 127 Å². The Balaban J connectivity index is 1.65. The molecule has 0 aromatic heterocycles. The second-order valence-corrected chi connectivity index (χ2v) is 5.85. The largest absolute Gasteiger partial charge is 0.490 e. The van der Waals surface area contributed by atoms with E-state index in [9.17, 15) is 0 Å². The molecule has 2 aromatic rings. The van der Waals surface area contributed by atoms with Gasteiger partial charge in [-0.15, -0.1) is 0 Å². The van der Waals surface area contributed by atoms with Crippen LogP contribution in [0.1, 0.15) is 36.8 Å². The standard InChI is InChI=1S/C19H23NO/c1-15-10-12-17(13-11-15)20-14-16-6-2-5-9-19(16)21-18-7-3-4-8-18/h2,5-6,9-13,18,20H,3-4,7-8,14H2,1H3. The highest BCUT2D eigenvalue weighted by Gasteiger charge is 2.17. The van der Waals surface area contributed by atoms with Crippen LogP contribution in [0, 0.1) is 6.92 Å². The van der Waals surface area contributed by atoms with Crippen molar-refractivity contribution in [1.82, 2.24) is 0 Å². The second kappa shape index (κ2) is 6.66.